The van der Waals surface area contributed by atoms with Gasteiger partial charge in [0, 0.05) is 6.54 Å². The first-order chi connectivity index (χ1) is 10.3. The molecule has 1 aliphatic heterocycles. The predicted octanol–water partition coefficient (Wildman–Crippen LogP) is 3.32. The molecule has 0 bridgehead atoms. The molecule has 1 amide bonds. The first-order valence-corrected chi connectivity index (χ1v) is 7.79. The van der Waals surface area contributed by atoms with E-state index in [1.807, 2.05) is 20.8 Å². The van der Waals surface area contributed by atoms with Crippen LogP contribution >= 0.6 is 0 Å². The van der Waals surface area contributed by atoms with Crippen LogP contribution in [0.25, 0.3) is 0 Å². The highest BCUT2D eigenvalue weighted by atomic mass is 19.1. The van der Waals surface area contributed by atoms with E-state index in [9.17, 15) is 9.18 Å². The van der Waals surface area contributed by atoms with E-state index in [1.54, 1.807) is 12.1 Å². The number of benzene rings is 1. The van der Waals surface area contributed by atoms with E-state index in [-0.39, 0.29) is 11.4 Å². The summed E-state index contributed by atoms with van der Waals surface area (Å²) in [5.74, 6) is -0.255. The number of rotatable bonds is 3. The van der Waals surface area contributed by atoms with Gasteiger partial charge < -0.3 is 15.4 Å². The molecule has 1 saturated heterocycles. The van der Waals surface area contributed by atoms with Gasteiger partial charge in [-0.2, -0.15) is 0 Å². The van der Waals surface area contributed by atoms with Crippen LogP contribution in [0.15, 0.2) is 24.3 Å². The van der Waals surface area contributed by atoms with E-state index < -0.39 is 11.7 Å². The van der Waals surface area contributed by atoms with E-state index >= 15 is 0 Å². The highest BCUT2D eigenvalue weighted by molar-refractivity contribution is 5.67. The van der Waals surface area contributed by atoms with Crippen LogP contribution in [0, 0.1) is 5.82 Å². The second-order valence-corrected chi connectivity index (χ2v) is 6.83. The molecule has 22 heavy (non-hydrogen) atoms. The number of hydrogen-bond donors (Lipinski definition) is 2. The molecular weight excluding hydrogens is 283 g/mol. The summed E-state index contributed by atoms with van der Waals surface area (Å²) < 4.78 is 18.5. The van der Waals surface area contributed by atoms with Gasteiger partial charge in [-0.1, -0.05) is 12.1 Å². The van der Waals surface area contributed by atoms with Gasteiger partial charge in [0.05, 0.1) is 5.54 Å². The van der Waals surface area contributed by atoms with Gasteiger partial charge in [0.1, 0.15) is 11.4 Å². The highest BCUT2D eigenvalue weighted by Crippen LogP contribution is 2.30. The Hall–Kier alpha value is -1.62. The maximum absolute atomic E-state index is 13.2. The van der Waals surface area contributed by atoms with E-state index in [2.05, 4.69) is 10.6 Å². The number of halogens is 1. The first kappa shape index (κ1) is 16.7. The minimum Gasteiger partial charge on any atom is -0.444 e. The molecule has 0 spiro atoms. The number of hydrogen-bond acceptors (Lipinski definition) is 3. The summed E-state index contributed by atoms with van der Waals surface area (Å²) in [7, 11) is 0. The molecule has 122 valence electrons. The Morgan fingerprint density at radius 3 is 2.55 bits per heavy atom. The van der Waals surface area contributed by atoms with Crippen LogP contribution in [0.2, 0.25) is 0 Å². The van der Waals surface area contributed by atoms with Crippen LogP contribution in [0.5, 0.6) is 0 Å². The summed E-state index contributed by atoms with van der Waals surface area (Å²) in [6, 6.07) is 6.48. The maximum Gasteiger partial charge on any atom is 0.407 e. The Morgan fingerprint density at radius 1 is 1.32 bits per heavy atom. The van der Waals surface area contributed by atoms with Crippen molar-refractivity contribution in [2.45, 2.75) is 51.2 Å². The number of carbonyl (C=O) groups excluding carboxylic acids is 1. The topological polar surface area (TPSA) is 50.4 Å². The number of amides is 1. The SMILES string of the molecule is CC(C)(C)OC(=O)NCC1(c2ccc(F)cc2)CCCCN1. The first-order valence-electron chi connectivity index (χ1n) is 7.79. The zero-order valence-corrected chi connectivity index (χ0v) is 13.5. The summed E-state index contributed by atoms with van der Waals surface area (Å²) in [5, 5.41) is 6.34. The molecule has 1 unspecified atom stereocenters. The molecule has 1 aliphatic rings. The van der Waals surface area contributed by atoms with Gasteiger partial charge in [0.15, 0.2) is 0 Å². The van der Waals surface area contributed by atoms with Gasteiger partial charge in [-0.05, 0) is 64.3 Å². The molecular formula is C17H25FN2O2. The largest absolute Gasteiger partial charge is 0.444 e. The number of piperidine rings is 1. The fourth-order valence-corrected chi connectivity index (χ4v) is 2.77. The number of ether oxygens (including phenoxy) is 1. The van der Waals surface area contributed by atoms with Crippen LogP contribution < -0.4 is 10.6 Å². The third-order valence-corrected chi connectivity index (χ3v) is 3.82. The molecule has 0 aromatic heterocycles. The molecule has 2 N–H and O–H groups in total. The lowest BCUT2D eigenvalue weighted by Crippen LogP contribution is -2.53. The van der Waals surface area contributed by atoms with E-state index in [0.29, 0.717) is 6.54 Å². The van der Waals surface area contributed by atoms with E-state index in [0.717, 1.165) is 31.4 Å². The lowest BCUT2D eigenvalue weighted by Gasteiger charge is -2.39. The average Bonchev–Trinajstić information content (AvgIpc) is 2.45. The van der Waals surface area contributed by atoms with Crippen molar-refractivity contribution in [2.75, 3.05) is 13.1 Å². The number of carbonyl (C=O) groups is 1. The van der Waals surface area contributed by atoms with Gasteiger partial charge >= 0.3 is 6.09 Å². The number of alkyl carbamates (subject to hydrolysis) is 1. The van der Waals surface area contributed by atoms with Crippen molar-refractivity contribution in [2.24, 2.45) is 0 Å². The van der Waals surface area contributed by atoms with Crippen LogP contribution in [0.1, 0.15) is 45.6 Å². The molecule has 4 nitrogen and oxygen atoms in total. The smallest absolute Gasteiger partial charge is 0.407 e. The zero-order valence-electron chi connectivity index (χ0n) is 13.5. The van der Waals surface area contributed by atoms with Crippen LogP contribution in [-0.2, 0) is 10.3 Å². The van der Waals surface area contributed by atoms with Crippen molar-refractivity contribution >= 4 is 6.09 Å². The molecule has 5 heteroatoms. The monoisotopic (exact) mass is 308 g/mol. The summed E-state index contributed by atoms with van der Waals surface area (Å²) in [6.07, 6.45) is 2.64. The summed E-state index contributed by atoms with van der Waals surface area (Å²) in [6.45, 7) is 6.81. The van der Waals surface area contributed by atoms with Crippen molar-refractivity contribution in [1.82, 2.24) is 10.6 Å². The minimum atomic E-state index is -0.521. The van der Waals surface area contributed by atoms with Crippen LogP contribution in [0.4, 0.5) is 9.18 Å². The van der Waals surface area contributed by atoms with Crippen molar-refractivity contribution in [3.05, 3.63) is 35.6 Å². The Kier molecular flexibility index (Phi) is 5.06. The maximum atomic E-state index is 13.2. The molecule has 0 radical (unpaired) electrons. The normalized spacial score (nSPS) is 22.2. The molecule has 2 rings (SSSR count). The van der Waals surface area contributed by atoms with Gasteiger partial charge in [-0.25, -0.2) is 9.18 Å². The summed E-state index contributed by atoms with van der Waals surface area (Å²) >= 11 is 0. The molecule has 1 heterocycles. The molecule has 1 aromatic rings. The Bertz CT molecular complexity index is 502. The van der Waals surface area contributed by atoms with Crippen molar-refractivity contribution in [3.8, 4) is 0 Å². The zero-order chi connectivity index (χ0) is 16.2. The molecule has 1 atom stereocenters. The quantitative estimate of drug-likeness (QED) is 0.900. The van der Waals surface area contributed by atoms with Crippen molar-refractivity contribution in [3.63, 3.8) is 0 Å². The van der Waals surface area contributed by atoms with E-state index in [1.165, 1.54) is 12.1 Å². The molecule has 0 saturated carbocycles. The third kappa shape index (κ3) is 4.44. The van der Waals surface area contributed by atoms with Gasteiger partial charge in [-0.3, -0.25) is 0 Å². The summed E-state index contributed by atoms with van der Waals surface area (Å²) in [4.78, 5) is 11.9. The molecule has 1 fully saturated rings. The predicted molar refractivity (Wildman–Crippen MR) is 84.2 cm³/mol. The highest BCUT2D eigenvalue weighted by Gasteiger charge is 2.34. The van der Waals surface area contributed by atoms with E-state index in [4.69, 9.17) is 4.74 Å². The van der Waals surface area contributed by atoms with Gasteiger partial charge in [0.25, 0.3) is 0 Å². The van der Waals surface area contributed by atoms with Crippen molar-refractivity contribution in [1.29, 1.82) is 0 Å². The second-order valence-electron chi connectivity index (χ2n) is 6.83. The standard InChI is InChI=1S/C17H25FN2O2/c1-16(2,3)22-15(21)19-12-17(10-4-5-11-20-17)13-6-8-14(18)9-7-13/h6-9,20H,4-5,10-12H2,1-3H3,(H,19,21). The summed E-state index contributed by atoms with van der Waals surface area (Å²) in [5.41, 5.74) is 0.111. The Balaban J connectivity index is 2.09. The van der Waals surface area contributed by atoms with Crippen LogP contribution in [0.3, 0.4) is 0 Å². The number of nitrogens with one attached hydrogen (secondary N) is 2. The lowest BCUT2D eigenvalue weighted by atomic mass is 9.82. The van der Waals surface area contributed by atoms with Crippen LogP contribution in [-0.4, -0.2) is 24.8 Å². The minimum absolute atomic E-state index is 0.255. The lowest BCUT2D eigenvalue weighted by molar-refractivity contribution is 0.0502. The fraction of sp³-hybridized carbons (Fsp3) is 0.588. The molecule has 1 aromatic carbocycles. The Labute approximate surface area is 131 Å². The van der Waals surface area contributed by atoms with Crippen molar-refractivity contribution < 1.29 is 13.9 Å². The average molecular weight is 308 g/mol. The fourth-order valence-electron chi connectivity index (χ4n) is 2.77. The molecule has 0 aliphatic carbocycles. The van der Waals surface area contributed by atoms with Gasteiger partial charge in [0.2, 0.25) is 0 Å². The second kappa shape index (κ2) is 6.65. The Morgan fingerprint density at radius 2 is 2.00 bits per heavy atom. The van der Waals surface area contributed by atoms with Gasteiger partial charge in [-0.15, -0.1) is 0 Å². The third-order valence-electron chi connectivity index (χ3n) is 3.82.